The molecule has 0 aliphatic rings. The second kappa shape index (κ2) is 8.25. The molecule has 5 heteroatoms. The third-order valence-electron chi connectivity index (χ3n) is 2.95. The third kappa shape index (κ3) is 7.48. The fourth-order valence-corrected chi connectivity index (χ4v) is 2.58. The molecule has 1 aromatic rings. The van der Waals surface area contributed by atoms with Crippen molar-refractivity contribution in [2.75, 3.05) is 13.6 Å². The maximum atomic E-state index is 4.33. The van der Waals surface area contributed by atoms with Crippen molar-refractivity contribution in [2.24, 2.45) is 10.4 Å². The quantitative estimate of drug-likeness (QED) is 0.481. The lowest BCUT2D eigenvalue weighted by atomic mass is 9.90. The maximum Gasteiger partial charge on any atom is 0.191 e. The average Bonchev–Trinajstić information content (AvgIpc) is 2.77. The molecule has 1 aromatic heterocycles. The lowest BCUT2D eigenvalue weighted by Gasteiger charge is -2.18. The Balaban J connectivity index is 2.17. The van der Waals surface area contributed by atoms with Gasteiger partial charge in [-0.25, -0.2) is 4.98 Å². The summed E-state index contributed by atoms with van der Waals surface area (Å²) >= 11 is 1.72. The summed E-state index contributed by atoms with van der Waals surface area (Å²) in [5.41, 5.74) is 0.433. The molecule has 4 nitrogen and oxygen atoms in total. The zero-order valence-corrected chi connectivity index (χ0v) is 14.2. The predicted octanol–water partition coefficient (Wildman–Crippen LogP) is 3.33. The minimum atomic E-state index is 0.433. The minimum Gasteiger partial charge on any atom is -0.356 e. The normalized spacial score (nSPS) is 12.6. The number of guanidine groups is 1. The molecule has 0 saturated carbocycles. The van der Waals surface area contributed by atoms with Gasteiger partial charge in [-0.2, -0.15) is 0 Å². The Labute approximate surface area is 127 Å². The summed E-state index contributed by atoms with van der Waals surface area (Å²) in [6.45, 7) is 10.6. The Morgan fingerprint density at radius 2 is 2.05 bits per heavy atom. The van der Waals surface area contributed by atoms with E-state index in [-0.39, 0.29) is 0 Å². The Morgan fingerprint density at radius 3 is 2.60 bits per heavy atom. The molecular formula is C15H28N4S. The van der Waals surface area contributed by atoms with Crippen LogP contribution in [0.4, 0.5) is 0 Å². The zero-order valence-electron chi connectivity index (χ0n) is 13.4. The van der Waals surface area contributed by atoms with E-state index in [0.29, 0.717) is 5.41 Å². The van der Waals surface area contributed by atoms with Crippen molar-refractivity contribution >= 4 is 17.3 Å². The lowest BCUT2D eigenvalue weighted by molar-refractivity contribution is 0.360. The van der Waals surface area contributed by atoms with Gasteiger partial charge in [-0.3, -0.25) is 4.99 Å². The van der Waals surface area contributed by atoms with Gasteiger partial charge in [0.15, 0.2) is 5.96 Å². The number of unbranched alkanes of at least 4 members (excludes halogenated alkanes) is 1. The first kappa shape index (κ1) is 17.0. The first-order chi connectivity index (χ1) is 9.40. The number of nitrogens with zero attached hydrogens (tertiary/aromatic N) is 2. The number of hydrogen-bond acceptors (Lipinski definition) is 3. The van der Waals surface area contributed by atoms with Crippen LogP contribution in [0.1, 0.15) is 49.9 Å². The number of aryl methyl sites for hydroxylation is 1. The van der Waals surface area contributed by atoms with Gasteiger partial charge < -0.3 is 10.6 Å². The smallest absolute Gasteiger partial charge is 0.191 e. The van der Waals surface area contributed by atoms with Gasteiger partial charge in [0.25, 0.3) is 0 Å². The van der Waals surface area contributed by atoms with Crippen LogP contribution >= 0.6 is 11.3 Å². The van der Waals surface area contributed by atoms with E-state index in [1.165, 1.54) is 24.1 Å². The Kier molecular flexibility index (Phi) is 6.99. The Hall–Kier alpha value is -1.10. The molecule has 0 unspecified atom stereocenters. The molecule has 0 fully saturated rings. The van der Waals surface area contributed by atoms with Crippen LogP contribution in [-0.4, -0.2) is 24.5 Å². The zero-order chi connectivity index (χ0) is 15.0. The molecule has 0 bridgehead atoms. The molecule has 0 aliphatic heterocycles. The van der Waals surface area contributed by atoms with E-state index in [1.807, 2.05) is 6.20 Å². The molecule has 2 N–H and O–H groups in total. The molecule has 114 valence electrons. The van der Waals surface area contributed by atoms with E-state index in [2.05, 4.69) is 48.3 Å². The van der Waals surface area contributed by atoms with Crippen molar-refractivity contribution in [3.05, 3.63) is 16.1 Å². The summed E-state index contributed by atoms with van der Waals surface area (Å²) in [5.74, 6) is 0.855. The Morgan fingerprint density at radius 1 is 1.30 bits per heavy atom. The minimum absolute atomic E-state index is 0.433. The summed E-state index contributed by atoms with van der Waals surface area (Å²) in [5, 5.41) is 7.74. The largest absolute Gasteiger partial charge is 0.356 e. The first-order valence-corrected chi connectivity index (χ1v) is 8.08. The molecule has 0 amide bonds. The van der Waals surface area contributed by atoms with Crippen LogP contribution in [0.2, 0.25) is 0 Å². The highest BCUT2D eigenvalue weighted by atomic mass is 32.1. The molecule has 0 spiro atoms. The fourth-order valence-electron chi connectivity index (χ4n) is 1.85. The third-order valence-corrected chi connectivity index (χ3v) is 3.86. The first-order valence-electron chi connectivity index (χ1n) is 7.26. The molecule has 0 radical (unpaired) electrons. The molecule has 20 heavy (non-hydrogen) atoms. The summed E-state index contributed by atoms with van der Waals surface area (Å²) in [7, 11) is 1.80. The van der Waals surface area contributed by atoms with Gasteiger partial charge in [-0.05, 0) is 25.2 Å². The van der Waals surface area contributed by atoms with E-state index in [1.54, 1.807) is 18.4 Å². The van der Waals surface area contributed by atoms with Gasteiger partial charge in [0.2, 0.25) is 0 Å². The Bertz CT molecular complexity index is 418. The van der Waals surface area contributed by atoms with Gasteiger partial charge >= 0.3 is 0 Å². The number of hydrogen-bond donors (Lipinski definition) is 2. The second-order valence-electron chi connectivity index (χ2n) is 6.23. The number of aliphatic imine (C=N–C) groups is 1. The van der Waals surface area contributed by atoms with Crippen LogP contribution in [0.3, 0.4) is 0 Å². The van der Waals surface area contributed by atoms with E-state index in [0.717, 1.165) is 24.1 Å². The molecule has 0 saturated heterocycles. The fraction of sp³-hybridized carbons (Fsp3) is 0.733. The standard InChI is InChI=1S/C15H28N4S/c1-12-10-18-13(20-12)11-19-14(16-5)17-9-7-6-8-15(2,3)4/h10H,6-9,11H2,1-5H3,(H2,16,17,19). The van der Waals surface area contributed by atoms with Crippen LogP contribution in [0.15, 0.2) is 11.2 Å². The molecule has 0 aliphatic carbocycles. The van der Waals surface area contributed by atoms with Crippen LogP contribution in [0, 0.1) is 12.3 Å². The molecule has 0 atom stereocenters. The lowest BCUT2D eigenvalue weighted by Crippen LogP contribution is -2.37. The average molecular weight is 296 g/mol. The van der Waals surface area contributed by atoms with Crippen LogP contribution in [-0.2, 0) is 6.54 Å². The van der Waals surface area contributed by atoms with Crippen LogP contribution in [0.25, 0.3) is 0 Å². The SMILES string of the molecule is CN=C(NCCCCC(C)(C)C)NCc1ncc(C)s1. The summed E-state index contributed by atoms with van der Waals surface area (Å²) in [6, 6.07) is 0. The van der Waals surface area contributed by atoms with E-state index in [9.17, 15) is 0 Å². The van der Waals surface area contributed by atoms with Crippen molar-refractivity contribution in [3.63, 3.8) is 0 Å². The van der Waals surface area contributed by atoms with Crippen molar-refractivity contribution in [2.45, 2.75) is 53.5 Å². The van der Waals surface area contributed by atoms with Gasteiger partial charge in [0.05, 0.1) is 6.54 Å². The summed E-state index contributed by atoms with van der Waals surface area (Å²) in [6.07, 6.45) is 5.59. The van der Waals surface area contributed by atoms with Gasteiger partial charge in [-0.15, -0.1) is 11.3 Å². The topological polar surface area (TPSA) is 49.3 Å². The van der Waals surface area contributed by atoms with Crippen molar-refractivity contribution in [3.8, 4) is 0 Å². The number of nitrogens with one attached hydrogen (secondary N) is 2. The second-order valence-corrected chi connectivity index (χ2v) is 7.55. The van der Waals surface area contributed by atoms with Gasteiger partial charge in [0, 0.05) is 24.7 Å². The van der Waals surface area contributed by atoms with E-state index >= 15 is 0 Å². The molecule has 1 heterocycles. The highest BCUT2D eigenvalue weighted by Crippen LogP contribution is 2.21. The highest BCUT2D eigenvalue weighted by Gasteiger charge is 2.08. The van der Waals surface area contributed by atoms with E-state index in [4.69, 9.17) is 0 Å². The van der Waals surface area contributed by atoms with Crippen molar-refractivity contribution < 1.29 is 0 Å². The monoisotopic (exact) mass is 296 g/mol. The van der Waals surface area contributed by atoms with E-state index < -0.39 is 0 Å². The van der Waals surface area contributed by atoms with Gasteiger partial charge in [0.1, 0.15) is 5.01 Å². The van der Waals surface area contributed by atoms with Crippen molar-refractivity contribution in [1.82, 2.24) is 15.6 Å². The number of thiazole rings is 1. The molecular weight excluding hydrogens is 268 g/mol. The van der Waals surface area contributed by atoms with Gasteiger partial charge in [-0.1, -0.05) is 27.2 Å². The molecule has 1 rings (SSSR count). The van der Waals surface area contributed by atoms with Crippen LogP contribution in [0.5, 0.6) is 0 Å². The summed E-state index contributed by atoms with van der Waals surface area (Å²) in [4.78, 5) is 9.80. The highest BCUT2D eigenvalue weighted by molar-refractivity contribution is 7.11. The summed E-state index contributed by atoms with van der Waals surface area (Å²) < 4.78 is 0. The van der Waals surface area contributed by atoms with Crippen molar-refractivity contribution in [1.29, 1.82) is 0 Å². The maximum absolute atomic E-state index is 4.33. The predicted molar refractivity (Wildman–Crippen MR) is 88.4 cm³/mol. The molecule has 0 aromatic carbocycles. The van der Waals surface area contributed by atoms with Crippen LogP contribution < -0.4 is 10.6 Å². The number of aromatic nitrogens is 1. The number of rotatable bonds is 6.